The molecule has 1 rings (SSSR count). The maximum atomic E-state index is 5.03. The van der Waals surface area contributed by atoms with Gasteiger partial charge in [-0.1, -0.05) is 0 Å². The molecule has 0 saturated carbocycles. The molecule has 0 radical (unpaired) electrons. The van der Waals surface area contributed by atoms with Gasteiger partial charge < -0.3 is 19.5 Å². The van der Waals surface area contributed by atoms with Crippen molar-refractivity contribution in [2.24, 2.45) is 0 Å². The fourth-order valence-corrected chi connectivity index (χ4v) is 1.56. The summed E-state index contributed by atoms with van der Waals surface area (Å²) in [7, 11) is 3.86. The molecule has 98 valence electrons. The summed E-state index contributed by atoms with van der Waals surface area (Å²) < 4.78 is 7.13. The van der Waals surface area contributed by atoms with E-state index in [1.807, 2.05) is 18.7 Å². The van der Waals surface area contributed by atoms with Crippen LogP contribution in [-0.2, 0) is 11.3 Å². The van der Waals surface area contributed by atoms with Crippen molar-refractivity contribution in [2.75, 3.05) is 46.9 Å². The summed E-state index contributed by atoms with van der Waals surface area (Å²) >= 11 is 0. The van der Waals surface area contributed by atoms with Gasteiger partial charge in [0, 0.05) is 45.7 Å². The van der Waals surface area contributed by atoms with Gasteiger partial charge in [-0.3, -0.25) is 0 Å². The number of nitrogens with one attached hydrogen (secondary N) is 1. The van der Waals surface area contributed by atoms with Crippen LogP contribution in [-0.4, -0.2) is 61.4 Å². The second-order valence-electron chi connectivity index (χ2n) is 4.20. The van der Waals surface area contributed by atoms with Crippen molar-refractivity contribution in [1.82, 2.24) is 19.8 Å². The molecule has 0 aliphatic rings. The minimum Gasteiger partial charge on any atom is -0.383 e. The van der Waals surface area contributed by atoms with Crippen LogP contribution in [0.15, 0.2) is 18.7 Å². The molecule has 0 aliphatic heterocycles. The van der Waals surface area contributed by atoms with E-state index in [1.54, 1.807) is 7.11 Å². The molecule has 1 aromatic rings. The second kappa shape index (κ2) is 9.15. The molecule has 0 atom stereocenters. The highest BCUT2D eigenvalue weighted by molar-refractivity contribution is 4.73. The van der Waals surface area contributed by atoms with Crippen LogP contribution in [0, 0.1) is 0 Å². The molecular formula is C12H24N4O. The third-order valence-corrected chi connectivity index (χ3v) is 2.68. The Morgan fingerprint density at radius 2 is 2.24 bits per heavy atom. The average Bonchev–Trinajstić information content (AvgIpc) is 2.84. The molecule has 1 N–H and O–H groups in total. The van der Waals surface area contributed by atoms with Crippen LogP contribution in [0.1, 0.15) is 6.42 Å². The summed E-state index contributed by atoms with van der Waals surface area (Å²) in [6.45, 7) is 5.98. The monoisotopic (exact) mass is 240 g/mol. The molecule has 0 saturated heterocycles. The number of imidazole rings is 1. The first-order chi connectivity index (χ1) is 8.33. The molecule has 1 aromatic heterocycles. The zero-order valence-corrected chi connectivity index (χ0v) is 10.9. The number of hydrogen-bond donors (Lipinski definition) is 1. The quantitative estimate of drug-likeness (QED) is 0.603. The first kappa shape index (κ1) is 14.2. The number of methoxy groups -OCH3 is 1. The Labute approximate surface area is 104 Å². The molecule has 1 heterocycles. The summed E-state index contributed by atoms with van der Waals surface area (Å²) in [6, 6.07) is 0. The summed E-state index contributed by atoms with van der Waals surface area (Å²) in [5.41, 5.74) is 0. The predicted octanol–water partition coefficient (Wildman–Crippen LogP) is 0.441. The molecule has 17 heavy (non-hydrogen) atoms. The number of ether oxygens (including phenoxy) is 1. The standard InChI is InChI=1S/C12H24N4O/c1-15(10-11-17-2)8-5-13-4-3-7-16-9-6-14-12-16/h6,9,12-13H,3-5,7-8,10-11H2,1-2H3. The summed E-state index contributed by atoms with van der Waals surface area (Å²) in [4.78, 5) is 6.28. The van der Waals surface area contributed by atoms with Crippen LogP contribution >= 0.6 is 0 Å². The third-order valence-electron chi connectivity index (χ3n) is 2.68. The zero-order chi connectivity index (χ0) is 12.3. The Hall–Kier alpha value is -0.910. The molecule has 0 fully saturated rings. The van der Waals surface area contributed by atoms with E-state index in [0.29, 0.717) is 0 Å². The van der Waals surface area contributed by atoms with E-state index >= 15 is 0 Å². The van der Waals surface area contributed by atoms with Gasteiger partial charge in [0.25, 0.3) is 0 Å². The Bertz CT molecular complexity index is 263. The topological polar surface area (TPSA) is 42.3 Å². The molecule has 0 unspecified atom stereocenters. The van der Waals surface area contributed by atoms with Crippen LogP contribution in [0.4, 0.5) is 0 Å². The molecule has 5 nitrogen and oxygen atoms in total. The first-order valence-corrected chi connectivity index (χ1v) is 6.17. The lowest BCUT2D eigenvalue weighted by molar-refractivity contribution is 0.161. The Morgan fingerprint density at radius 1 is 1.35 bits per heavy atom. The van der Waals surface area contributed by atoms with E-state index < -0.39 is 0 Å². The van der Waals surface area contributed by atoms with Gasteiger partial charge in [0.2, 0.25) is 0 Å². The van der Waals surface area contributed by atoms with Gasteiger partial charge in [0.1, 0.15) is 0 Å². The molecule has 5 heteroatoms. The molecule has 0 amide bonds. The largest absolute Gasteiger partial charge is 0.383 e. The van der Waals surface area contributed by atoms with E-state index in [4.69, 9.17) is 4.74 Å². The Balaban J connectivity index is 1.87. The molecule has 0 bridgehead atoms. The number of likely N-dealkylation sites (N-methyl/N-ethyl adjacent to an activating group) is 1. The third kappa shape index (κ3) is 7.10. The number of hydrogen-bond acceptors (Lipinski definition) is 4. The SMILES string of the molecule is COCCN(C)CCNCCCn1ccnc1. The van der Waals surface area contributed by atoms with Gasteiger partial charge in [0.05, 0.1) is 12.9 Å². The van der Waals surface area contributed by atoms with Crippen LogP contribution in [0.25, 0.3) is 0 Å². The lowest BCUT2D eigenvalue weighted by atomic mass is 10.4. The van der Waals surface area contributed by atoms with Crippen molar-refractivity contribution in [3.05, 3.63) is 18.7 Å². The van der Waals surface area contributed by atoms with E-state index in [2.05, 4.69) is 26.8 Å². The van der Waals surface area contributed by atoms with Gasteiger partial charge in [-0.25, -0.2) is 4.98 Å². The van der Waals surface area contributed by atoms with E-state index in [1.165, 1.54) is 0 Å². The number of aromatic nitrogens is 2. The van der Waals surface area contributed by atoms with Gasteiger partial charge in [-0.15, -0.1) is 0 Å². The highest BCUT2D eigenvalue weighted by Crippen LogP contribution is 1.89. The summed E-state index contributed by atoms with van der Waals surface area (Å²) in [5, 5.41) is 3.44. The highest BCUT2D eigenvalue weighted by atomic mass is 16.5. The molecule has 0 aliphatic carbocycles. The van der Waals surface area contributed by atoms with Crippen molar-refractivity contribution in [3.63, 3.8) is 0 Å². The number of aryl methyl sites for hydroxylation is 1. The van der Waals surface area contributed by atoms with Crippen LogP contribution in [0.5, 0.6) is 0 Å². The van der Waals surface area contributed by atoms with E-state index in [0.717, 1.165) is 45.8 Å². The van der Waals surface area contributed by atoms with Gasteiger partial charge in [-0.05, 0) is 20.0 Å². The first-order valence-electron chi connectivity index (χ1n) is 6.17. The fourth-order valence-electron chi connectivity index (χ4n) is 1.56. The second-order valence-corrected chi connectivity index (χ2v) is 4.20. The lowest BCUT2D eigenvalue weighted by Gasteiger charge is -2.16. The van der Waals surface area contributed by atoms with Crippen molar-refractivity contribution < 1.29 is 4.74 Å². The maximum absolute atomic E-state index is 5.03. The maximum Gasteiger partial charge on any atom is 0.0945 e. The van der Waals surface area contributed by atoms with E-state index in [9.17, 15) is 0 Å². The fraction of sp³-hybridized carbons (Fsp3) is 0.750. The van der Waals surface area contributed by atoms with Crippen LogP contribution in [0.2, 0.25) is 0 Å². The summed E-state index contributed by atoms with van der Waals surface area (Å²) in [5.74, 6) is 0. The Morgan fingerprint density at radius 3 is 2.94 bits per heavy atom. The van der Waals surface area contributed by atoms with Crippen molar-refractivity contribution >= 4 is 0 Å². The highest BCUT2D eigenvalue weighted by Gasteiger charge is 1.96. The van der Waals surface area contributed by atoms with Gasteiger partial charge in [-0.2, -0.15) is 0 Å². The Kier molecular flexibility index (Phi) is 7.62. The molecular weight excluding hydrogens is 216 g/mol. The lowest BCUT2D eigenvalue weighted by Crippen LogP contribution is -2.32. The molecule has 0 aromatic carbocycles. The molecule has 0 spiro atoms. The van der Waals surface area contributed by atoms with Crippen molar-refractivity contribution in [2.45, 2.75) is 13.0 Å². The zero-order valence-electron chi connectivity index (χ0n) is 10.9. The van der Waals surface area contributed by atoms with Crippen molar-refractivity contribution in [1.29, 1.82) is 0 Å². The smallest absolute Gasteiger partial charge is 0.0945 e. The van der Waals surface area contributed by atoms with Crippen molar-refractivity contribution in [3.8, 4) is 0 Å². The number of nitrogens with zero attached hydrogens (tertiary/aromatic N) is 3. The minimum absolute atomic E-state index is 0.803. The number of rotatable bonds is 10. The minimum atomic E-state index is 0.803. The van der Waals surface area contributed by atoms with E-state index in [-0.39, 0.29) is 0 Å². The van der Waals surface area contributed by atoms with Crippen LogP contribution in [0.3, 0.4) is 0 Å². The summed E-state index contributed by atoms with van der Waals surface area (Å²) in [6.07, 6.45) is 6.81. The normalized spacial score (nSPS) is 11.2. The van der Waals surface area contributed by atoms with Crippen LogP contribution < -0.4 is 5.32 Å². The average molecular weight is 240 g/mol. The van der Waals surface area contributed by atoms with Gasteiger partial charge in [0.15, 0.2) is 0 Å². The predicted molar refractivity (Wildman–Crippen MR) is 69.1 cm³/mol. The van der Waals surface area contributed by atoms with Gasteiger partial charge >= 0.3 is 0 Å².